The third-order valence-corrected chi connectivity index (χ3v) is 6.62. The van der Waals surface area contributed by atoms with Crippen molar-refractivity contribution in [2.45, 2.75) is 51.9 Å². The first-order chi connectivity index (χ1) is 17.7. The summed E-state index contributed by atoms with van der Waals surface area (Å²) in [5.74, 6) is -0.610. The molecule has 0 radical (unpaired) electrons. The second kappa shape index (κ2) is 11.5. The molecule has 1 aliphatic rings. The number of cyclic esters (lactones) is 1. The van der Waals surface area contributed by atoms with Gasteiger partial charge in [-0.1, -0.05) is 66.6 Å². The summed E-state index contributed by atoms with van der Waals surface area (Å²) < 4.78 is 5.76. The van der Waals surface area contributed by atoms with E-state index in [9.17, 15) is 14.4 Å². The predicted octanol–water partition coefficient (Wildman–Crippen LogP) is 5.88. The van der Waals surface area contributed by atoms with E-state index in [-0.39, 0.29) is 24.4 Å². The zero-order valence-corrected chi connectivity index (χ0v) is 21.8. The van der Waals surface area contributed by atoms with Gasteiger partial charge in [-0.2, -0.15) is 0 Å². The number of ether oxygens (including phenoxy) is 1. The quantitative estimate of drug-likeness (QED) is 0.389. The number of carbonyl (C=O) groups excluding carboxylic acids is 3. The molecule has 0 bridgehead atoms. The average Bonchev–Trinajstić information content (AvgIpc) is 3.21. The van der Waals surface area contributed by atoms with E-state index in [1.165, 1.54) is 4.90 Å². The van der Waals surface area contributed by atoms with Gasteiger partial charge in [0.1, 0.15) is 0 Å². The van der Waals surface area contributed by atoms with Gasteiger partial charge in [-0.25, -0.2) is 4.79 Å². The van der Waals surface area contributed by atoms with Crippen LogP contribution >= 0.6 is 11.6 Å². The first kappa shape index (κ1) is 26.2. The summed E-state index contributed by atoms with van der Waals surface area (Å²) in [6.45, 7) is 6.12. The second-order valence-corrected chi connectivity index (χ2v) is 9.71. The highest BCUT2D eigenvalue weighted by Crippen LogP contribution is 2.35. The number of aryl methyl sites for hydroxylation is 1. The van der Waals surface area contributed by atoms with E-state index < -0.39 is 18.2 Å². The highest BCUT2D eigenvalue weighted by atomic mass is 35.5. The number of nitrogens with zero attached hydrogens (tertiary/aromatic N) is 1. The molecule has 0 aromatic heterocycles. The minimum Gasteiger partial charge on any atom is -0.438 e. The number of anilines is 1. The summed E-state index contributed by atoms with van der Waals surface area (Å²) in [6.07, 6.45) is -0.658. The fraction of sp³-hybridized carbons (Fsp3) is 0.276. The summed E-state index contributed by atoms with van der Waals surface area (Å²) in [6, 6.07) is 20.5. The Morgan fingerprint density at radius 2 is 1.78 bits per heavy atom. The highest BCUT2D eigenvalue weighted by Gasteiger charge is 2.47. The van der Waals surface area contributed by atoms with Gasteiger partial charge < -0.3 is 15.4 Å². The van der Waals surface area contributed by atoms with Crippen LogP contribution in [0.3, 0.4) is 0 Å². The van der Waals surface area contributed by atoms with Gasteiger partial charge >= 0.3 is 6.09 Å². The topological polar surface area (TPSA) is 87.7 Å². The van der Waals surface area contributed by atoms with Crippen LogP contribution in [0.1, 0.15) is 53.4 Å². The molecule has 192 valence electrons. The van der Waals surface area contributed by atoms with Gasteiger partial charge in [-0.3, -0.25) is 14.5 Å². The van der Waals surface area contributed by atoms with E-state index in [1.807, 2.05) is 45.0 Å². The van der Waals surface area contributed by atoms with Crippen molar-refractivity contribution in [3.63, 3.8) is 0 Å². The van der Waals surface area contributed by atoms with E-state index in [0.717, 1.165) is 17.5 Å². The summed E-state index contributed by atoms with van der Waals surface area (Å²) in [5, 5.41) is 6.31. The van der Waals surface area contributed by atoms with Crippen molar-refractivity contribution in [3.8, 4) is 0 Å². The number of halogens is 1. The summed E-state index contributed by atoms with van der Waals surface area (Å²) in [5.41, 5.74) is 3.53. The van der Waals surface area contributed by atoms with E-state index in [0.29, 0.717) is 21.8 Å². The Balaban J connectivity index is 1.61. The lowest BCUT2D eigenvalue weighted by Gasteiger charge is -2.26. The molecule has 0 unspecified atom stereocenters. The molecule has 1 aliphatic heterocycles. The summed E-state index contributed by atoms with van der Waals surface area (Å²) in [4.78, 5) is 40.6. The normalized spacial score (nSPS) is 17.7. The van der Waals surface area contributed by atoms with Crippen LogP contribution in [0.15, 0.2) is 72.8 Å². The number of hydrogen-bond donors (Lipinski definition) is 2. The van der Waals surface area contributed by atoms with Crippen molar-refractivity contribution in [2.24, 2.45) is 0 Å². The van der Waals surface area contributed by atoms with Crippen LogP contribution in [0.25, 0.3) is 0 Å². The first-order valence-electron chi connectivity index (χ1n) is 12.2. The maximum atomic E-state index is 13.4. The number of carbonyl (C=O) groups is 3. The van der Waals surface area contributed by atoms with Crippen molar-refractivity contribution < 1.29 is 19.1 Å². The molecular formula is C29H30ClN3O4. The number of amides is 3. The standard InChI is InChI=1S/C29H30ClN3O4/c1-4-19(3)31-28(35)25-26(37-29(36)33(25)17-20-13-11-18(2)12-14-20)21-7-6-10-24(16-21)32-27(34)22-8-5-9-23(30)15-22/h5-16,19,25-26H,4,17H2,1-3H3,(H,31,35)(H,32,34)/t19-,25+,26+/m0/s1. The summed E-state index contributed by atoms with van der Waals surface area (Å²) >= 11 is 6.02. The fourth-order valence-electron chi connectivity index (χ4n) is 4.16. The van der Waals surface area contributed by atoms with Gasteiger partial charge in [-0.15, -0.1) is 0 Å². The number of hydrogen-bond acceptors (Lipinski definition) is 4. The molecular weight excluding hydrogens is 490 g/mol. The van der Waals surface area contributed by atoms with Gasteiger partial charge in [0.25, 0.3) is 5.91 Å². The van der Waals surface area contributed by atoms with Crippen LogP contribution < -0.4 is 10.6 Å². The molecule has 3 aromatic carbocycles. The van der Waals surface area contributed by atoms with Crippen LogP contribution in [-0.4, -0.2) is 34.9 Å². The molecule has 1 heterocycles. The molecule has 0 aliphatic carbocycles. The molecule has 8 heteroatoms. The fourth-order valence-corrected chi connectivity index (χ4v) is 4.35. The molecule has 0 spiro atoms. The lowest BCUT2D eigenvalue weighted by molar-refractivity contribution is -0.127. The first-order valence-corrected chi connectivity index (χ1v) is 12.6. The molecule has 37 heavy (non-hydrogen) atoms. The number of benzene rings is 3. The Labute approximate surface area is 221 Å². The Hall–Kier alpha value is -3.84. The SMILES string of the molecule is CC[C@H](C)NC(=O)[C@H]1[C@@H](c2cccc(NC(=O)c3cccc(Cl)c3)c2)OC(=O)N1Cc1ccc(C)cc1. The Kier molecular flexibility index (Phi) is 8.14. The maximum absolute atomic E-state index is 13.4. The van der Waals surface area contributed by atoms with Gasteiger partial charge in [0, 0.05) is 22.3 Å². The number of nitrogens with one attached hydrogen (secondary N) is 2. The molecule has 3 atom stereocenters. The predicted molar refractivity (Wildman–Crippen MR) is 143 cm³/mol. The zero-order valence-electron chi connectivity index (χ0n) is 21.0. The van der Waals surface area contributed by atoms with Crippen LogP contribution in [0.4, 0.5) is 10.5 Å². The third-order valence-electron chi connectivity index (χ3n) is 6.39. The Morgan fingerprint density at radius 3 is 2.49 bits per heavy atom. The lowest BCUT2D eigenvalue weighted by atomic mass is 9.99. The largest absolute Gasteiger partial charge is 0.438 e. The minimum absolute atomic E-state index is 0.0617. The monoisotopic (exact) mass is 519 g/mol. The smallest absolute Gasteiger partial charge is 0.411 e. The molecule has 1 saturated heterocycles. The van der Waals surface area contributed by atoms with Crippen molar-refractivity contribution >= 4 is 35.2 Å². The summed E-state index contributed by atoms with van der Waals surface area (Å²) in [7, 11) is 0. The van der Waals surface area contributed by atoms with Gasteiger partial charge in [0.05, 0.1) is 6.54 Å². The molecule has 3 aromatic rings. The molecule has 4 rings (SSSR count). The Bertz CT molecular complexity index is 1290. The molecule has 2 N–H and O–H groups in total. The molecule has 7 nitrogen and oxygen atoms in total. The van der Waals surface area contributed by atoms with Crippen molar-refractivity contribution in [3.05, 3.63) is 100 Å². The van der Waals surface area contributed by atoms with Crippen LogP contribution in [0.2, 0.25) is 5.02 Å². The van der Waals surface area contributed by atoms with Crippen molar-refractivity contribution in [2.75, 3.05) is 5.32 Å². The third kappa shape index (κ3) is 6.30. The van der Waals surface area contributed by atoms with Crippen LogP contribution in [0, 0.1) is 6.92 Å². The Morgan fingerprint density at radius 1 is 1.05 bits per heavy atom. The lowest BCUT2D eigenvalue weighted by Crippen LogP contribution is -2.48. The molecule has 3 amide bonds. The molecule has 0 saturated carbocycles. The van der Waals surface area contributed by atoms with E-state index >= 15 is 0 Å². The molecule has 1 fully saturated rings. The highest BCUT2D eigenvalue weighted by molar-refractivity contribution is 6.31. The zero-order chi connectivity index (χ0) is 26.5. The second-order valence-electron chi connectivity index (χ2n) is 9.27. The number of rotatable bonds is 8. The van der Waals surface area contributed by atoms with E-state index in [1.54, 1.807) is 48.5 Å². The van der Waals surface area contributed by atoms with E-state index in [2.05, 4.69) is 10.6 Å². The van der Waals surface area contributed by atoms with Crippen LogP contribution in [0.5, 0.6) is 0 Å². The van der Waals surface area contributed by atoms with Crippen molar-refractivity contribution in [1.29, 1.82) is 0 Å². The maximum Gasteiger partial charge on any atom is 0.411 e. The van der Waals surface area contributed by atoms with Crippen LogP contribution in [-0.2, 0) is 16.1 Å². The van der Waals surface area contributed by atoms with Gasteiger partial charge in [-0.05, 0) is 61.7 Å². The van der Waals surface area contributed by atoms with Gasteiger partial charge in [0.15, 0.2) is 12.1 Å². The van der Waals surface area contributed by atoms with E-state index in [4.69, 9.17) is 16.3 Å². The minimum atomic E-state index is -0.873. The van der Waals surface area contributed by atoms with Crippen molar-refractivity contribution in [1.82, 2.24) is 10.2 Å². The van der Waals surface area contributed by atoms with Gasteiger partial charge in [0.2, 0.25) is 5.91 Å². The average molecular weight is 520 g/mol.